The number of nitrogens with zero attached hydrogens (tertiary/aromatic N) is 1. The lowest BCUT2D eigenvalue weighted by molar-refractivity contribution is -0.138. The summed E-state index contributed by atoms with van der Waals surface area (Å²) in [6, 6.07) is 7.09. The Morgan fingerprint density at radius 2 is 1.76 bits per heavy atom. The molecule has 6 nitrogen and oxygen atoms in total. The van der Waals surface area contributed by atoms with E-state index in [-0.39, 0.29) is 12.5 Å². The summed E-state index contributed by atoms with van der Waals surface area (Å²) in [5.41, 5.74) is 0.933. The normalized spacial score (nSPS) is 10.7. The lowest BCUT2D eigenvalue weighted by Gasteiger charge is -2.24. The van der Waals surface area contributed by atoms with E-state index < -0.39 is 11.7 Å². The van der Waals surface area contributed by atoms with Crippen LogP contribution in [0.15, 0.2) is 24.3 Å². The molecule has 0 heterocycles. The number of esters is 1. The third kappa shape index (κ3) is 5.72. The fourth-order valence-corrected chi connectivity index (χ4v) is 1.49. The molecule has 0 spiro atoms. The Kier molecular flexibility index (Phi) is 5.58. The maximum Gasteiger partial charge on any atom is 0.414 e. The molecular formula is C15H22N2O4. The molecule has 1 amide bonds. The average molecular weight is 294 g/mol. The second-order valence-corrected chi connectivity index (χ2v) is 5.52. The van der Waals surface area contributed by atoms with Gasteiger partial charge in [-0.1, -0.05) is 0 Å². The van der Waals surface area contributed by atoms with Gasteiger partial charge in [0.1, 0.15) is 12.1 Å². The van der Waals surface area contributed by atoms with Crippen molar-refractivity contribution in [1.29, 1.82) is 0 Å². The summed E-state index contributed by atoms with van der Waals surface area (Å²) in [6.45, 7) is 5.55. The smallest absolute Gasteiger partial charge is 0.414 e. The number of amides is 1. The first-order valence-corrected chi connectivity index (χ1v) is 6.60. The SMILES string of the molecule is COC(=O)CNc1ccc(N(C)C(=O)OC(C)(C)C)cc1. The van der Waals surface area contributed by atoms with Gasteiger partial charge in [0.2, 0.25) is 0 Å². The van der Waals surface area contributed by atoms with Crippen molar-refractivity contribution in [2.45, 2.75) is 26.4 Å². The minimum Gasteiger partial charge on any atom is -0.468 e. The molecule has 0 aromatic heterocycles. The molecular weight excluding hydrogens is 272 g/mol. The first kappa shape index (κ1) is 16.8. The minimum absolute atomic E-state index is 0.0950. The van der Waals surface area contributed by atoms with Gasteiger partial charge in [-0.15, -0.1) is 0 Å². The standard InChI is InChI=1S/C15H22N2O4/c1-15(2,3)21-14(19)17(4)12-8-6-11(7-9-12)16-10-13(18)20-5/h6-9,16H,10H2,1-5H3. The van der Waals surface area contributed by atoms with Crippen LogP contribution in [0.2, 0.25) is 0 Å². The van der Waals surface area contributed by atoms with Crippen LogP contribution in [0.5, 0.6) is 0 Å². The van der Waals surface area contributed by atoms with E-state index in [1.807, 2.05) is 20.8 Å². The molecule has 6 heteroatoms. The molecule has 0 saturated carbocycles. The number of rotatable bonds is 4. The number of carbonyl (C=O) groups is 2. The van der Waals surface area contributed by atoms with E-state index in [9.17, 15) is 9.59 Å². The van der Waals surface area contributed by atoms with Gasteiger partial charge in [-0.25, -0.2) is 4.79 Å². The Hall–Kier alpha value is -2.24. The van der Waals surface area contributed by atoms with Crippen LogP contribution in [0.4, 0.5) is 16.2 Å². The highest BCUT2D eigenvalue weighted by atomic mass is 16.6. The Labute approximate surface area is 125 Å². The summed E-state index contributed by atoms with van der Waals surface area (Å²) in [5.74, 6) is -0.343. The molecule has 116 valence electrons. The molecule has 21 heavy (non-hydrogen) atoms. The Balaban J connectivity index is 2.64. The predicted octanol–water partition coefficient (Wildman–Crippen LogP) is 2.64. The third-order valence-corrected chi connectivity index (χ3v) is 2.59. The van der Waals surface area contributed by atoms with Crippen molar-refractivity contribution in [2.24, 2.45) is 0 Å². The highest BCUT2D eigenvalue weighted by Gasteiger charge is 2.20. The highest BCUT2D eigenvalue weighted by molar-refractivity contribution is 5.87. The molecule has 0 aliphatic rings. The molecule has 0 unspecified atom stereocenters. The largest absolute Gasteiger partial charge is 0.468 e. The third-order valence-electron chi connectivity index (χ3n) is 2.59. The zero-order valence-electron chi connectivity index (χ0n) is 13.1. The van der Waals surface area contributed by atoms with E-state index >= 15 is 0 Å². The zero-order chi connectivity index (χ0) is 16.0. The van der Waals surface area contributed by atoms with Crippen molar-refractivity contribution >= 4 is 23.4 Å². The summed E-state index contributed by atoms with van der Waals surface area (Å²) in [7, 11) is 2.98. The van der Waals surface area contributed by atoms with Gasteiger partial charge < -0.3 is 14.8 Å². The zero-order valence-corrected chi connectivity index (χ0v) is 13.1. The number of hydrogen-bond donors (Lipinski definition) is 1. The first-order valence-electron chi connectivity index (χ1n) is 6.60. The van der Waals surface area contributed by atoms with Crippen molar-refractivity contribution in [3.63, 3.8) is 0 Å². The van der Waals surface area contributed by atoms with Crippen LogP contribution in [0, 0.1) is 0 Å². The quantitative estimate of drug-likeness (QED) is 0.865. The fraction of sp³-hybridized carbons (Fsp3) is 0.467. The molecule has 0 aliphatic heterocycles. The van der Waals surface area contributed by atoms with Crippen molar-refractivity contribution in [3.05, 3.63) is 24.3 Å². The van der Waals surface area contributed by atoms with Crippen molar-refractivity contribution < 1.29 is 19.1 Å². The van der Waals surface area contributed by atoms with Crippen molar-refractivity contribution in [2.75, 3.05) is 30.9 Å². The Morgan fingerprint density at radius 1 is 1.19 bits per heavy atom. The molecule has 0 bridgehead atoms. The van der Waals surface area contributed by atoms with Gasteiger partial charge in [0.15, 0.2) is 0 Å². The number of methoxy groups -OCH3 is 1. The van der Waals surface area contributed by atoms with Crippen molar-refractivity contribution in [3.8, 4) is 0 Å². The molecule has 0 saturated heterocycles. The topological polar surface area (TPSA) is 67.9 Å². The lowest BCUT2D eigenvalue weighted by atomic mass is 10.2. The summed E-state index contributed by atoms with van der Waals surface area (Å²) < 4.78 is 9.83. The van der Waals surface area contributed by atoms with Crippen LogP contribution in [0.3, 0.4) is 0 Å². The van der Waals surface area contributed by atoms with E-state index in [1.54, 1.807) is 31.3 Å². The first-order chi connectivity index (χ1) is 9.73. The van der Waals surface area contributed by atoms with Crippen LogP contribution in [0.25, 0.3) is 0 Å². The summed E-state index contributed by atoms with van der Waals surface area (Å²) in [5, 5.41) is 2.92. The second kappa shape index (κ2) is 6.97. The number of hydrogen-bond acceptors (Lipinski definition) is 5. The summed E-state index contributed by atoms with van der Waals surface area (Å²) in [4.78, 5) is 24.4. The number of nitrogens with one attached hydrogen (secondary N) is 1. The second-order valence-electron chi connectivity index (χ2n) is 5.52. The Morgan fingerprint density at radius 3 is 2.24 bits per heavy atom. The van der Waals surface area contributed by atoms with Crippen LogP contribution in [-0.4, -0.2) is 38.4 Å². The molecule has 0 fully saturated rings. The van der Waals surface area contributed by atoms with Crippen molar-refractivity contribution in [1.82, 2.24) is 0 Å². The van der Waals surface area contributed by atoms with E-state index in [2.05, 4.69) is 10.1 Å². The molecule has 0 atom stereocenters. The number of ether oxygens (including phenoxy) is 2. The molecule has 1 rings (SSSR count). The van der Waals surface area contributed by atoms with Gasteiger partial charge in [0.05, 0.1) is 7.11 Å². The Bertz CT molecular complexity index is 491. The summed E-state index contributed by atoms with van der Waals surface area (Å²) in [6.07, 6.45) is -0.419. The predicted molar refractivity (Wildman–Crippen MR) is 81.6 cm³/mol. The van der Waals surface area contributed by atoms with Gasteiger partial charge >= 0.3 is 12.1 Å². The monoisotopic (exact) mass is 294 g/mol. The average Bonchev–Trinajstić information content (AvgIpc) is 2.42. The number of benzene rings is 1. The molecule has 0 aliphatic carbocycles. The molecule has 1 aromatic rings. The van der Waals surface area contributed by atoms with E-state index in [0.29, 0.717) is 5.69 Å². The molecule has 1 N–H and O–H groups in total. The minimum atomic E-state index is -0.534. The van der Waals surface area contributed by atoms with E-state index in [4.69, 9.17) is 4.74 Å². The van der Waals surface area contributed by atoms with Gasteiger partial charge in [0, 0.05) is 18.4 Å². The van der Waals surface area contributed by atoms with E-state index in [1.165, 1.54) is 12.0 Å². The van der Waals surface area contributed by atoms with Gasteiger partial charge in [-0.3, -0.25) is 9.69 Å². The molecule has 0 radical (unpaired) electrons. The van der Waals surface area contributed by atoms with Gasteiger partial charge in [-0.2, -0.15) is 0 Å². The van der Waals surface area contributed by atoms with Crippen LogP contribution in [-0.2, 0) is 14.3 Å². The maximum atomic E-state index is 11.9. The maximum absolute atomic E-state index is 11.9. The number of anilines is 2. The number of carbonyl (C=O) groups excluding carboxylic acids is 2. The fourth-order valence-electron chi connectivity index (χ4n) is 1.49. The summed E-state index contributed by atoms with van der Waals surface area (Å²) >= 11 is 0. The van der Waals surface area contributed by atoms with Gasteiger partial charge in [0.25, 0.3) is 0 Å². The van der Waals surface area contributed by atoms with E-state index in [0.717, 1.165) is 5.69 Å². The highest BCUT2D eigenvalue weighted by Crippen LogP contribution is 2.19. The van der Waals surface area contributed by atoms with Crippen LogP contribution < -0.4 is 10.2 Å². The molecule has 1 aromatic carbocycles. The van der Waals surface area contributed by atoms with Crippen LogP contribution >= 0.6 is 0 Å². The van der Waals surface area contributed by atoms with Gasteiger partial charge in [-0.05, 0) is 45.0 Å². The van der Waals surface area contributed by atoms with Crippen LogP contribution in [0.1, 0.15) is 20.8 Å². The lowest BCUT2D eigenvalue weighted by Crippen LogP contribution is -2.34.